The molecule has 6 heteroatoms. The Hall–Kier alpha value is -1.92. The number of benzene rings is 1. The molecule has 0 radical (unpaired) electrons. The fourth-order valence-corrected chi connectivity index (χ4v) is 2.63. The summed E-state index contributed by atoms with van der Waals surface area (Å²) >= 11 is 0. The van der Waals surface area contributed by atoms with Crippen molar-refractivity contribution in [1.82, 2.24) is 10.2 Å². The fraction of sp³-hybridized carbons (Fsp3) is 0.529. The second-order valence-electron chi connectivity index (χ2n) is 6.31. The van der Waals surface area contributed by atoms with Gasteiger partial charge in [-0.15, -0.1) is 0 Å². The topological polar surface area (TPSA) is 70.7 Å². The molecule has 1 atom stereocenters. The number of hydrogen-bond acceptors (Lipinski definition) is 4. The van der Waals surface area contributed by atoms with E-state index in [2.05, 4.69) is 15.5 Å². The Balaban J connectivity index is 1.53. The van der Waals surface area contributed by atoms with Crippen molar-refractivity contribution in [3.8, 4) is 0 Å². The monoisotopic (exact) mass is 317 g/mol. The number of likely N-dealkylation sites (N-methyl/N-ethyl adjacent to an activating group) is 1. The van der Waals surface area contributed by atoms with Gasteiger partial charge in [-0.1, -0.05) is 6.07 Å². The van der Waals surface area contributed by atoms with Crippen molar-refractivity contribution in [2.45, 2.75) is 18.9 Å². The summed E-state index contributed by atoms with van der Waals surface area (Å²) in [6.07, 6.45) is 1.94. The van der Waals surface area contributed by atoms with Gasteiger partial charge in [0.25, 0.3) is 5.91 Å². The lowest BCUT2D eigenvalue weighted by Crippen LogP contribution is -2.45. The van der Waals surface area contributed by atoms with Gasteiger partial charge in [0.15, 0.2) is 0 Å². The number of morpholine rings is 1. The summed E-state index contributed by atoms with van der Waals surface area (Å²) in [6, 6.07) is 7.04. The van der Waals surface area contributed by atoms with Crippen LogP contribution in [0.15, 0.2) is 24.3 Å². The summed E-state index contributed by atoms with van der Waals surface area (Å²) in [5, 5.41) is 5.76. The van der Waals surface area contributed by atoms with E-state index in [0.29, 0.717) is 24.4 Å². The van der Waals surface area contributed by atoms with Crippen molar-refractivity contribution in [2.24, 2.45) is 5.92 Å². The van der Waals surface area contributed by atoms with Crippen molar-refractivity contribution in [2.75, 3.05) is 38.6 Å². The van der Waals surface area contributed by atoms with E-state index in [1.165, 1.54) is 0 Å². The molecule has 1 heterocycles. The van der Waals surface area contributed by atoms with Gasteiger partial charge < -0.3 is 20.3 Å². The number of nitrogens with zero attached hydrogens (tertiary/aromatic N) is 1. The molecule has 23 heavy (non-hydrogen) atoms. The van der Waals surface area contributed by atoms with Gasteiger partial charge in [-0.2, -0.15) is 0 Å². The lowest BCUT2D eigenvalue weighted by molar-refractivity contribution is -0.117. The molecule has 2 amide bonds. The smallest absolute Gasteiger partial charge is 0.251 e. The predicted molar refractivity (Wildman–Crippen MR) is 87.4 cm³/mol. The fourth-order valence-electron chi connectivity index (χ4n) is 2.63. The third kappa shape index (κ3) is 4.53. The molecule has 1 saturated carbocycles. The van der Waals surface area contributed by atoms with E-state index < -0.39 is 0 Å². The lowest BCUT2D eigenvalue weighted by Gasteiger charge is -2.30. The second-order valence-corrected chi connectivity index (χ2v) is 6.31. The van der Waals surface area contributed by atoms with Crippen molar-refractivity contribution >= 4 is 17.5 Å². The minimum absolute atomic E-state index is 0.0236. The van der Waals surface area contributed by atoms with Gasteiger partial charge in [0.05, 0.1) is 12.7 Å². The standard InChI is InChI=1S/C17H23N3O3/c1-20-7-8-23-15(11-20)10-18-16(21)13-3-2-4-14(9-13)19-17(22)12-5-6-12/h2-4,9,12,15H,5-8,10-11H2,1H3,(H,18,21)(H,19,22). The first-order valence-corrected chi connectivity index (χ1v) is 8.11. The van der Waals surface area contributed by atoms with E-state index in [1.807, 2.05) is 7.05 Å². The van der Waals surface area contributed by atoms with Crippen molar-refractivity contribution in [1.29, 1.82) is 0 Å². The summed E-state index contributed by atoms with van der Waals surface area (Å²) in [5.41, 5.74) is 1.21. The van der Waals surface area contributed by atoms with Crippen LogP contribution in [0.25, 0.3) is 0 Å². The Labute approximate surface area is 136 Å². The molecule has 0 spiro atoms. The molecule has 1 saturated heterocycles. The summed E-state index contributed by atoms with van der Waals surface area (Å²) in [6.45, 7) is 2.92. The van der Waals surface area contributed by atoms with Crippen LogP contribution in [0, 0.1) is 5.92 Å². The zero-order valence-corrected chi connectivity index (χ0v) is 13.4. The van der Waals surface area contributed by atoms with Crippen LogP contribution in [0.3, 0.4) is 0 Å². The summed E-state index contributed by atoms with van der Waals surface area (Å²) in [7, 11) is 2.05. The Morgan fingerprint density at radius 2 is 2.17 bits per heavy atom. The molecule has 1 unspecified atom stereocenters. The normalized spacial score (nSPS) is 21.7. The molecule has 2 fully saturated rings. The Morgan fingerprint density at radius 3 is 2.91 bits per heavy atom. The van der Waals surface area contributed by atoms with Crippen molar-refractivity contribution in [3.05, 3.63) is 29.8 Å². The highest BCUT2D eigenvalue weighted by molar-refractivity contribution is 5.98. The van der Waals surface area contributed by atoms with Crippen LogP contribution in [0.2, 0.25) is 0 Å². The number of nitrogens with one attached hydrogen (secondary N) is 2. The molecule has 1 aromatic rings. The first kappa shape index (κ1) is 16.0. The van der Waals surface area contributed by atoms with E-state index in [9.17, 15) is 9.59 Å². The molecule has 1 aliphatic heterocycles. The number of carbonyl (C=O) groups excluding carboxylic acids is 2. The van der Waals surface area contributed by atoms with Crippen molar-refractivity contribution < 1.29 is 14.3 Å². The van der Waals surface area contributed by atoms with Crippen molar-refractivity contribution in [3.63, 3.8) is 0 Å². The molecule has 0 aromatic heterocycles. The number of amides is 2. The Kier molecular flexibility index (Phi) is 4.93. The van der Waals surface area contributed by atoms with E-state index in [1.54, 1.807) is 24.3 Å². The van der Waals surface area contributed by atoms with Gasteiger partial charge in [0.1, 0.15) is 0 Å². The van der Waals surface area contributed by atoms with Crippen LogP contribution in [0.5, 0.6) is 0 Å². The van der Waals surface area contributed by atoms with Gasteiger partial charge in [0.2, 0.25) is 5.91 Å². The lowest BCUT2D eigenvalue weighted by atomic mass is 10.1. The van der Waals surface area contributed by atoms with Crippen LogP contribution in [0.1, 0.15) is 23.2 Å². The molecule has 2 N–H and O–H groups in total. The number of carbonyl (C=O) groups is 2. The highest BCUT2D eigenvalue weighted by Crippen LogP contribution is 2.30. The van der Waals surface area contributed by atoms with Gasteiger partial charge >= 0.3 is 0 Å². The zero-order chi connectivity index (χ0) is 16.2. The molecule has 0 bridgehead atoms. The van der Waals surface area contributed by atoms with Gasteiger partial charge in [-0.25, -0.2) is 0 Å². The number of hydrogen-bond donors (Lipinski definition) is 2. The molecule has 1 aromatic carbocycles. The van der Waals surface area contributed by atoms with E-state index in [0.717, 1.165) is 25.9 Å². The molecule has 2 aliphatic rings. The average molecular weight is 317 g/mol. The minimum Gasteiger partial charge on any atom is -0.374 e. The van der Waals surface area contributed by atoms with E-state index in [-0.39, 0.29) is 23.8 Å². The minimum atomic E-state index is -0.149. The Bertz CT molecular complexity index is 586. The van der Waals surface area contributed by atoms with Gasteiger partial charge in [0, 0.05) is 36.8 Å². The number of anilines is 1. The highest BCUT2D eigenvalue weighted by atomic mass is 16.5. The van der Waals surface area contributed by atoms with Crippen LogP contribution in [0.4, 0.5) is 5.69 Å². The molecule has 6 nitrogen and oxygen atoms in total. The van der Waals surface area contributed by atoms with E-state index >= 15 is 0 Å². The average Bonchev–Trinajstić information content (AvgIpc) is 3.38. The second kappa shape index (κ2) is 7.10. The summed E-state index contributed by atoms with van der Waals surface area (Å²) in [4.78, 5) is 26.2. The third-order valence-electron chi connectivity index (χ3n) is 4.17. The molecular weight excluding hydrogens is 294 g/mol. The molecule has 1 aliphatic carbocycles. The van der Waals surface area contributed by atoms with Crippen LogP contribution < -0.4 is 10.6 Å². The molecule has 3 rings (SSSR count). The summed E-state index contributed by atoms with van der Waals surface area (Å²) < 4.78 is 5.63. The maximum atomic E-state index is 12.3. The maximum absolute atomic E-state index is 12.3. The van der Waals surface area contributed by atoms with Gasteiger partial charge in [-0.05, 0) is 38.1 Å². The quantitative estimate of drug-likeness (QED) is 0.853. The van der Waals surface area contributed by atoms with Crippen LogP contribution >= 0.6 is 0 Å². The van der Waals surface area contributed by atoms with Crippen LogP contribution in [-0.2, 0) is 9.53 Å². The molecule has 124 valence electrons. The number of ether oxygens (including phenoxy) is 1. The highest BCUT2D eigenvalue weighted by Gasteiger charge is 2.29. The largest absolute Gasteiger partial charge is 0.374 e. The first-order chi connectivity index (χ1) is 11.1. The SMILES string of the molecule is CN1CCOC(CNC(=O)c2cccc(NC(=O)C3CC3)c2)C1. The zero-order valence-electron chi connectivity index (χ0n) is 13.4. The Morgan fingerprint density at radius 1 is 1.35 bits per heavy atom. The van der Waals surface area contributed by atoms with Gasteiger partial charge in [-0.3, -0.25) is 9.59 Å². The predicted octanol–water partition coefficient (Wildman–Crippen LogP) is 1.10. The molecular formula is C17H23N3O3. The third-order valence-corrected chi connectivity index (χ3v) is 4.17. The maximum Gasteiger partial charge on any atom is 0.251 e. The van der Waals surface area contributed by atoms with E-state index in [4.69, 9.17) is 4.74 Å². The number of rotatable bonds is 5. The summed E-state index contributed by atoms with van der Waals surface area (Å²) in [5.74, 6) is 0.0403. The first-order valence-electron chi connectivity index (χ1n) is 8.11. The van der Waals surface area contributed by atoms with Crippen LogP contribution in [-0.4, -0.2) is 56.1 Å².